The molecule has 126 heavy (non-hydrogen) atoms. The van der Waals surface area contributed by atoms with Crippen LogP contribution in [0.5, 0.6) is 28.7 Å². The number of hydrogen-bond donors (Lipinski definition) is 22. The van der Waals surface area contributed by atoms with Crippen LogP contribution in [0.1, 0.15) is 233 Å². The van der Waals surface area contributed by atoms with Gasteiger partial charge in [-0.25, -0.2) is 4.79 Å². The second-order valence-corrected chi connectivity index (χ2v) is 43.4. The van der Waals surface area contributed by atoms with E-state index < -0.39 is 104 Å². The lowest BCUT2D eigenvalue weighted by molar-refractivity contribution is -0.223. The van der Waals surface area contributed by atoms with Crippen molar-refractivity contribution in [2.45, 2.75) is 330 Å². The number of aliphatic hydroxyl groups excluding tert-OH is 13. The van der Waals surface area contributed by atoms with E-state index in [0.29, 0.717) is 67.1 Å². The Balaban J connectivity index is 0.000000264. The summed E-state index contributed by atoms with van der Waals surface area (Å²) >= 11 is 4.90. The molecule has 8 aliphatic rings. The number of imide groups is 1. The number of carboxylic acid groups (broad SMARTS) is 3. The minimum atomic E-state index is -1.67. The minimum Gasteiger partial charge on any atom is -0.508 e. The Morgan fingerprint density at radius 1 is 0.635 bits per heavy atom. The average molecular weight is 1890 g/mol. The highest BCUT2D eigenvalue weighted by Crippen LogP contribution is 2.61. The number of aromatic hydroxyl groups is 3. The molecule has 6 fully saturated rings. The van der Waals surface area contributed by atoms with Gasteiger partial charge in [-0.2, -0.15) is 12.6 Å². The summed E-state index contributed by atoms with van der Waals surface area (Å²) in [5.74, 6) is 4.98. The number of aliphatic carboxylic acids is 3. The topological polar surface area (TPSA) is 529 Å². The third-order valence-electron chi connectivity index (χ3n) is 24.3. The first-order valence-electron chi connectivity index (χ1n) is 43.2. The number of thioether (sulfide) groups is 1. The quantitative estimate of drug-likeness (QED) is 0.0176. The van der Waals surface area contributed by atoms with Crippen LogP contribution in [0.25, 0.3) is 0 Å². The van der Waals surface area contributed by atoms with Gasteiger partial charge in [-0.15, -0.1) is 0 Å². The van der Waals surface area contributed by atoms with Crippen LogP contribution in [-0.4, -0.2) is 264 Å². The molecule has 0 spiro atoms. The van der Waals surface area contributed by atoms with Crippen molar-refractivity contribution < 1.29 is 135 Å². The molecule has 3 amide bonds. The van der Waals surface area contributed by atoms with Crippen molar-refractivity contribution in [2.24, 2.45) is 17.3 Å². The molecule has 4 aliphatic carbocycles. The summed E-state index contributed by atoms with van der Waals surface area (Å²) < 4.78 is 12.4. The number of benzene rings is 4. The Bertz CT molecular complexity index is 3960. The lowest BCUT2D eigenvalue weighted by Crippen LogP contribution is -2.63. The third kappa shape index (κ3) is 33.3. The second kappa shape index (κ2) is 52.1. The Morgan fingerprint density at radius 3 is 1.57 bits per heavy atom. The second-order valence-electron chi connectivity index (χ2n) is 36.2. The van der Waals surface area contributed by atoms with Gasteiger partial charge in [-0.1, -0.05) is 152 Å². The van der Waals surface area contributed by atoms with Gasteiger partial charge in [0, 0.05) is 47.3 Å². The average Bonchev–Trinajstić information content (AvgIpc) is 1.53. The van der Waals surface area contributed by atoms with Crippen molar-refractivity contribution >= 4 is 103 Å². The number of unbranched alkanes of at least 4 members (excludes halogenated alkanes) is 2. The van der Waals surface area contributed by atoms with Crippen molar-refractivity contribution in [3.63, 3.8) is 0 Å². The number of ether oxygens (including phenoxy) is 2. The fourth-order valence-corrected chi connectivity index (χ4v) is 23.7. The number of carbonyl (C=O) groups excluding carboxylic acids is 3. The first-order chi connectivity index (χ1) is 58.9. The number of thiol groups is 1. The van der Waals surface area contributed by atoms with E-state index in [0.717, 1.165) is 136 Å². The van der Waals surface area contributed by atoms with Gasteiger partial charge in [0.05, 0.1) is 24.6 Å². The van der Waals surface area contributed by atoms with Crippen LogP contribution >= 0.6 is 67.6 Å². The van der Waals surface area contributed by atoms with Gasteiger partial charge in [-0.3, -0.25) is 29.3 Å². The normalized spacial score (nSPS) is 26.7. The molecule has 35 heteroatoms. The number of hydrogen-bond acceptors (Lipinski definition) is 30. The molecule has 3 saturated heterocycles. The summed E-state index contributed by atoms with van der Waals surface area (Å²) in [5, 5.41) is 178. The molecule has 12 rings (SSSR count). The zero-order chi connectivity index (χ0) is 94.6. The van der Waals surface area contributed by atoms with Gasteiger partial charge in [0.2, 0.25) is 11.8 Å². The van der Waals surface area contributed by atoms with Crippen LogP contribution in [0.15, 0.2) is 54.6 Å². The summed E-state index contributed by atoms with van der Waals surface area (Å²) in [6, 6.07) is 16.9. The molecule has 4 aromatic rings. The molecule has 4 heterocycles. The molecule has 14 atom stereocenters. The predicted molar refractivity (Wildman–Crippen MR) is 496 cm³/mol. The number of carbonyl (C=O) groups is 6. The molecule has 4 aromatic carbocycles. The van der Waals surface area contributed by atoms with E-state index in [1.807, 2.05) is 107 Å². The maximum atomic E-state index is 11.7. The highest BCUT2D eigenvalue weighted by molar-refractivity contribution is 8.77. The van der Waals surface area contributed by atoms with Crippen molar-refractivity contribution in [1.29, 1.82) is 0 Å². The molecule has 0 aromatic heterocycles. The summed E-state index contributed by atoms with van der Waals surface area (Å²) in [6.07, 6.45) is 2.55. The fourth-order valence-electron chi connectivity index (χ4n) is 16.5. The summed E-state index contributed by atoms with van der Waals surface area (Å²) in [6.45, 7) is 25.3. The third-order valence-corrected chi connectivity index (χ3v) is 31.5. The Hall–Kier alpha value is -5.52. The number of nitrogens with one attached hydrogen (secondary N) is 2. The molecule has 29 nitrogen and oxygen atoms in total. The van der Waals surface area contributed by atoms with E-state index in [2.05, 4.69) is 96.9 Å². The number of phenolic OH excluding ortho intramolecular Hbond substituents is 3. The van der Waals surface area contributed by atoms with E-state index in [4.69, 9.17) is 86.1 Å². The Kier molecular flexibility index (Phi) is 45.9. The van der Waals surface area contributed by atoms with Crippen molar-refractivity contribution in [2.75, 3.05) is 37.1 Å². The number of amides is 3. The van der Waals surface area contributed by atoms with Crippen LogP contribution in [0.3, 0.4) is 0 Å². The number of aliphatic hydroxyl groups is 13. The SMILES string of the molecule is CC(=O)NC(CCS)C(=O)O.C[C@]12CC[C@@H]3c4ccc(O)cc4CC[C@H]3[C@@H]1CC[C@@H]2O.Cc1c(C)c2c(c(C)c1O)CCC(C)(COc1ccc(CC3SC(=O)NC3=O)cc1)O2.Cc1cc(C(C)(C)C)c(O)c(C(C)(C)C)c1.O=C(O)CCCCC1CCSS1.O=C(O)CCCCC1CCSS1.OC1C(O)C(O)C(O)C(O)C1O.OC[C@@H](O)[C@@H](O)[C@H](O)[C@H](O)CO. The zero-order valence-corrected chi connectivity index (χ0v) is 79.7. The number of carboxylic acids is 3. The predicted octanol–water partition coefficient (Wildman–Crippen LogP) is 10.3. The molecule has 4 aliphatic heterocycles. The summed E-state index contributed by atoms with van der Waals surface area (Å²) in [4.78, 5) is 64.2. The lowest BCUT2D eigenvalue weighted by atomic mass is 9.55. The van der Waals surface area contributed by atoms with E-state index in [1.54, 1.807) is 0 Å². The van der Waals surface area contributed by atoms with Crippen molar-refractivity contribution in [3.8, 4) is 28.7 Å². The Morgan fingerprint density at radius 2 is 1.14 bits per heavy atom. The largest absolute Gasteiger partial charge is 0.508 e. The highest BCUT2D eigenvalue weighted by atomic mass is 33.1. The van der Waals surface area contributed by atoms with Gasteiger partial charge in [0.1, 0.15) is 108 Å². The van der Waals surface area contributed by atoms with Crippen LogP contribution in [-0.2, 0) is 54.1 Å². The van der Waals surface area contributed by atoms with E-state index in [1.165, 1.54) is 80.1 Å². The molecule has 3 saturated carbocycles. The number of rotatable bonds is 24. The lowest BCUT2D eigenvalue weighted by Gasteiger charge is -2.50. The molecular weight excluding hydrogens is 1750 g/mol. The molecule has 5 unspecified atom stereocenters. The van der Waals surface area contributed by atoms with Gasteiger partial charge in [0.25, 0.3) is 5.24 Å². The zero-order valence-electron chi connectivity index (χ0n) is 74.7. The standard InChI is InChI=1S/C24H27NO5S.C18H24O2.C15H24O.2C8H14O2S2.C6H11NO3S.C6H12O6.C6H14O6/c1-13-14(2)21-18(15(3)20(13)26)9-10-24(4,30-21)12-29-17-7-5-16(6-8-17)11-19-22(27)25-23(28)31-19;1-18-9-8-14-13-5-3-12(19)10-11(13)2-4-15(14)16(18)6-7-17(18)20;1-10-8-11(14(2,3)4)13(16)12(9-10)15(5,6)7;2*9-8(10)4-2-1-3-7-5-6-11-12-7;1-4(8)7-5(2-3-11)6(9)10;7-1-2(8)4(10)6(12)5(11)3(1)9;7-1-3(9)5(11)6(12)4(10)2-8/h5-8,19,26H,9-12H2,1-4H3,(H,25,27,28);3,5,10,14-17,19-20H,2,4,6-9H2,1H3;8-9,16H,1-7H3;2*7H,1-6H2,(H,9,10);5,11H,2-3H2,1H3,(H,7,8)(H,9,10);1-12H;3-12H,1-2H2/t;14-,15-,16+,17+,18+;;;;;;3-,4-,5-,6-/m.1.....1/s1. The molecule has 0 bridgehead atoms. The molecule has 0 radical (unpaired) electrons. The van der Waals surface area contributed by atoms with E-state index >= 15 is 0 Å². The van der Waals surface area contributed by atoms with E-state index in [9.17, 15) is 49.2 Å². The van der Waals surface area contributed by atoms with Crippen molar-refractivity contribution in [3.05, 3.63) is 110 Å². The van der Waals surface area contributed by atoms with Gasteiger partial charge in [-0.05, 0) is 246 Å². The van der Waals surface area contributed by atoms with Crippen LogP contribution in [0, 0.1) is 44.9 Å². The van der Waals surface area contributed by atoms with Crippen LogP contribution in [0.2, 0.25) is 0 Å². The summed E-state index contributed by atoms with van der Waals surface area (Å²) in [7, 11) is 7.83. The first-order valence-corrected chi connectivity index (χ1v) is 49.4. The van der Waals surface area contributed by atoms with Crippen LogP contribution in [0.4, 0.5) is 4.79 Å². The molecular formula is C91H140N2O27S6. The number of phenols is 3. The van der Waals surface area contributed by atoms with Crippen molar-refractivity contribution in [1.82, 2.24) is 10.6 Å². The van der Waals surface area contributed by atoms with Gasteiger partial charge in [0.15, 0.2) is 0 Å². The minimum absolute atomic E-state index is 0.0178. The number of fused-ring (bicyclic) bond motifs is 6. The summed E-state index contributed by atoms with van der Waals surface area (Å²) in [5.41, 5.74) is 10.6. The monoisotopic (exact) mass is 1880 g/mol. The highest BCUT2D eigenvalue weighted by Gasteiger charge is 2.55. The Labute approximate surface area is 766 Å². The first kappa shape index (κ1) is 111. The number of aryl methyl sites for hydroxylation is 2. The fraction of sp³-hybridized carbons (Fsp3) is 0.670. The van der Waals surface area contributed by atoms with Gasteiger partial charge < -0.3 is 112 Å². The maximum absolute atomic E-state index is 11.7. The smallest absolute Gasteiger partial charge is 0.326 e. The molecule has 712 valence electrons. The van der Waals surface area contributed by atoms with E-state index in [-0.39, 0.29) is 44.7 Å². The van der Waals surface area contributed by atoms with Gasteiger partial charge >= 0.3 is 17.9 Å². The maximum Gasteiger partial charge on any atom is 0.326 e. The molecule has 21 N–H and O–H groups in total. The van der Waals surface area contributed by atoms with Crippen LogP contribution < -0.4 is 20.1 Å².